The SMILES string of the molecule is Cc1[nH]c2c(NC(=O)CCCl)cccc2c1C. The van der Waals surface area contributed by atoms with Crippen molar-refractivity contribution in [2.45, 2.75) is 20.3 Å². The van der Waals surface area contributed by atoms with E-state index < -0.39 is 0 Å². The molecule has 1 amide bonds. The maximum atomic E-state index is 11.5. The molecule has 1 aromatic heterocycles. The van der Waals surface area contributed by atoms with E-state index in [0.717, 1.165) is 22.3 Å². The second-order valence-electron chi connectivity index (χ2n) is 4.09. The predicted molar refractivity (Wildman–Crippen MR) is 71.7 cm³/mol. The minimum absolute atomic E-state index is 0.0580. The normalized spacial score (nSPS) is 10.8. The number of aromatic nitrogens is 1. The van der Waals surface area contributed by atoms with Crippen molar-refractivity contribution in [2.75, 3.05) is 11.2 Å². The van der Waals surface area contributed by atoms with E-state index in [4.69, 9.17) is 11.6 Å². The third-order valence-electron chi connectivity index (χ3n) is 2.94. The number of H-pyrrole nitrogens is 1. The quantitative estimate of drug-likeness (QED) is 0.807. The first-order valence-corrected chi connectivity index (χ1v) is 6.10. The minimum atomic E-state index is -0.0580. The van der Waals surface area contributed by atoms with Crippen LogP contribution in [0.4, 0.5) is 5.69 Å². The van der Waals surface area contributed by atoms with Gasteiger partial charge < -0.3 is 10.3 Å². The monoisotopic (exact) mass is 250 g/mol. The molecule has 1 heterocycles. The molecule has 0 radical (unpaired) electrons. The highest BCUT2D eigenvalue weighted by Gasteiger charge is 2.09. The van der Waals surface area contributed by atoms with Gasteiger partial charge in [-0.25, -0.2) is 0 Å². The van der Waals surface area contributed by atoms with Crippen molar-refractivity contribution in [2.24, 2.45) is 0 Å². The Bertz CT molecular complexity index is 560. The van der Waals surface area contributed by atoms with Crippen LogP contribution in [0.2, 0.25) is 0 Å². The van der Waals surface area contributed by atoms with E-state index in [0.29, 0.717) is 12.3 Å². The third kappa shape index (κ3) is 2.29. The van der Waals surface area contributed by atoms with Gasteiger partial charge >= 0.3 is 0 Å². The van der Waals surface area contributed by atoms with Crippen molar-refractivity contribution >= 4 is 34.1 Å². The number of carbonyl (C=O) groups is 1. The molecule has 0 fully saturated rings. The molecule has 90 valence electrons. The predicted octanol–water partition coefficient (Wildman–Crippen LogP) is 3.35. The first-order valence-electron chi connectivity index (χ1n) is 5.57. The zero-order chi connectivity index (χ0) is 12.4. The summed E-state index contributed by atoms with van der Waals surface area (Å²) in [6.07, 6.45) is 0.330. The Labute approximate surface area is 105 Å². The van der Waals surface area contributed by atoms with Crippen LogP contribution in [-0.4, -0.2) is 16.8 Å². The Morgan fingerprint density at radius 2 is 2.18 bits per heavy atom. The van der Waals surface area contributed by atoms with Crippen molar-refractivity contribution in [3.63, 3.8) is 0 Å². The fourth-order valence-electron chi connectivity index (χ4n) is 1.89. The number of hydrogen-bond acceptors (Lipinski definition) is 1. The van der Waals surface area contributed by atoms with Gasteiger partial charge in [-0.2, -0.15) is 0 Å². The summed E-state index contributed by atoms with van der Waals surface area (Å²) in [5.41, 5.74) is 4.13. The Morgan fingerprint density at radius 3 is 2.88 bits per heavy atom. The second-order valence-corrected chi connectivity index (χ2v) is 4.47. The number of benzene rings is 1. The first-order chi connectivity index (χ1) is 8.13. The number of anilines is 1. The largest absolute Gasteiger partial charge is 0.357 e. The van der Waals surface area contributed by atoms with Crippen molar-refractivity contribution in [3.05, 3.63) is 29.5 Å². The molecule has 0 saturated heterocycles. The number of para-hydroxylation sites is 1. The van der Waals surface area contributed by atoms with Gasteiger partial charge in [0.1, 0.15) is 0 Å². The highest BCUT2D eigenvalue weighted by molar-refractivity contribution is 6.19. The van der Waals surface area contributed by atoms with Crippen molar-refractivity contribution in [3.8, 4) is 0 Å². The smallest absolute Gasteiger partial charge is 0.225 e. The van der Waals surface area contributed by atoms with Gasteiger partial charge in [-0.05, 0) is 25.5 Å². The summed E-state index contributed by atoms with van der Waals surface area (Å²) in [4.78, 5) is 14.8. The van der Waals surface area contributed by atoms with Crippen LogP contribution in [-0.2, 0) is 4.79 Å². The van der Waals surface area contributed by atoms with Crippen molar-refractivity contribution in [1.82, 2.24) is 4.98 Å². The molecule has 0 aliphatic rings. The minimum Gasteiger partial charge on any atom is -0.357 e. The van der Waals surface area contributed by atoms with Gasteiger partial charge in [-0.3, -0.25) is 4.79 Å². The Balaban J connectivity index is 2.41. The van der Waals surface area contributed by atoms with Crippen LogP contribution >= 0.6 is 11.6 Å². The van der Waals surface area contributed by atoms with Gasteiger partial charge in [0.05, 0.1) is 11.2 Å². The van der Waals surface area contributed by atoms with Crippen LogP contribution in [0.15, 0.2) is 18.2 Å². The number of alkyl halides is 1. The summed E-state index contributed by atoms with van der Waals surface area (Å²) in [6, 6.07) is 5.88. The van der Waals surface area contributed by atoms with E-state index in [9.17, 15) is 4.79 Å². The lowest BCUT2D eigenvalue weighted by Gasteiger charge is -2.05. The molecule has 17 heavy (non-hydrogen) atoms. The summed E-state index contributed by atoms with van der Waals surface area (Å²) < 4.78 is 0. The van der Waals surface area contributed by atoms with Crippen LogP contribution < -0.4 is 5.32 Å². The van der Waals surface area contributed by atoms with Crippen LogP contribution in [0.3, 0.4) is 0 Å². The molecule has 3 nitrogen and oxygen atoms in total. The zero-order valence-corrected chi connectivity index (χ0v) is 10.7. The second kappa shape index (κ2) is 4.80. The highest BCUT2D eigenvalue weighted by atomic mass is 35.5. The zero-order valence-electron chi connectivity index (χ0n) is 9.93. The molecule has 2 rings (SSSR count). The lowest BCUT2D eigenvalue weighted by atomic mass is 10.1. The standard InChI is InChI=1S/C13H15ClN2O/c1-8-9(2)15-13-10(8)4-3-5-11(13)16-12(17)6-7-14/h3-5,15H,6-7H2,1-2H3,(H,16,17). The van der Waals surface area contributed by atoms with E-state index in [1.54, 1.807) is 0 Å². The number of amides is 1. The van der Waals surface area contributed by atoms with Gasteiger partial charge in [-0.1, -0.05) is 12.1 Å². The van der Waals surface area contributed by atoms with E-state index in [2.05, 4.69) is 17.2 Å². The first kappa shape index (κ1) is 12.0. The summed E-state index contributed by atoms with van der Waals surface area (Å²) in [7, 11) is 0. The maximum Gasteiger partial charge on any atom is 0.225 e. The Hall–Kier alpha value is -1.48. The van der Waals surface area contributed by atoms with E-state index >= 15 is 0 Å². The van der Waals surface area contributed by atoms with Gasteiger partial charge in [0, 0.05) is 23.4 Å². The van der Waals surface area contributed by atoms with Gasteiger partial charge in [0.15, 0.2) is 0 Å². The number of nitrogens with one attached hydrogen (secondary N) is 2. The average molecular weight is 251 g/mol. The summed E-state index contributed by atoms with van der Waals surface area (Å²) >= 11 is 5.54. The van der Waals surface area contributed by atoms with Gasteiger partial charge in [-0.15, -0.1) is 11.6 Å². The number of rotatable bonds is 3. The van der Waals surface area contributed by atoms with Crippen LogP contribution in [0, 0.1) is 13.8 Å². The van der Waals surface area contributed by atoms with E-state index in [1.165, 1.54) is 5.56 Å². The fraction of sp³-hybridized carbons (Fsp3) is 0.308. The number of aryl methyl sites for hydroxylation is 2. The molecular weight excluding hydrogens is 236 g/mol. The molecule has 0 aliphatic heterocycles. The van der Waals surface area contributed by atoms with Crippen LogP contribution in [0.5, 0.6) is 0 Å². The lowest BCUT2D eigenvalue weighted by Crippen LogP contribution is -2.11. The van der Waals surface area contributed by atoms with Crippen LogP contribution in [0.1, 0.15) is 17.7 Å². The van der Waals surface area contributed by atoms with Gasteiger partial charge in [0.25, 0.3) is 0 Å². The number of halogens is 1. The third-order valence-corrected chi connectivity index (χ3v) is 3.13. The topological polar surface area (TPSA) is 44.9 Å². The molecule has 0 saturated carbocycles. The number of fused-ring (bicyclic) bond motifs is 1. The molecule has 0 atom stereocenters. The number of carbonyl (C=O) groups excluding carboxylic acids is 1. The van der Waals surface area contributed by atoms with E-state index in [1.807, 2.05) is 25.1 Å². The Morgan fingerprint density at radius 1 is 1.41 bits per heavy atom. The summed E-state index contributed by atoms with van der Waals surface area (Å²) in [5, 5.41) is 4.02. The average Bonchev–Trinajstić information content (AvgIpc) is 2.58. The fourth-order valence-corrected chi connectivity index (χ4v) is 2.06. The molecule has 0 spiro atoms. The molecule has 2 N–H and O–H groups in total. The lowest BCUT2D eigenvalue weighted by molar-refractivity contribution is -0.115. The Kier molecular flexibility index (Phi) is 3.38. The molecule has 4 heteroatoms. The van der Waals surface area contributed by atoms with Crippen molar-refractivity contribution in [1.29, 1.82) is 0 Å². The summed E-state index contributed by atoms with van der Waals surface area (Å²) in [6.45, 7) is 4.10. The molecule has 0 aliphatic carbocycles. The maximum absolute atomic E-state index is 11.5. The molecule has 0 unspecified atom stereocenters. The van der Waals surface area contributed by atoms with E-state index in [-0.39, 0.29) is 5.91 Å². The van der Waals surface area contributed by atoms with Gasteiger partial charge in [0.2, 0.25) is 5.91 Å². The summed E-state index contributed by atoms with van der Waals surface area (Å²) in [5.74, 6) is 0.280. The molecular formula is C13H15ClN2O. The molecule has 0 bridgehead atoms. The number of aromatic amines is 1. The van der Waals surface area contributed by atoms with Crippen LogP contribution in [0.25, 0.3) is 10.9 Å². The molecule has 2 aromatic rings. The molecule has 1 aromatic carbocycles. The highest BCUT2D eigenvalue weighted by Crippen LogP contribution is 2.27. The van der Waals surface area contributed by atoms with Crippen molar-refractivity contribution < 1.29 is 4.79 Å². The number of hydrogen-bond donors (Lipinski definition) is 2.